The van der Waals surface area contributed by atoms with Gasteiger partial charge in [0.25, 0.3) is 0 Å². The monoisotopic (exact) mass is 496 g/mol. The van der Waals surface area contributed by atoms with Crippen molar-refractivity contribution in [3.8, 4) is 0 Å². The fraction of sp³-hybridized carbons (Fsp3) is 1.00. The molecule has 0 aliphatic carbocycles. The van der Waals surface area contributed by atoms with Crippen molar-refractivity contribution >= 4 is 10.1 Å². The van der Waals surface area contributed by atoms with Gasteiger partial charge < -0.3 is 4.55 Å². The smallest absolute Gasteiger partial charge is 0.748 e. The molecule has 33 heavy (non-hydrogen) atoms. The van der Waals surface area contributed by atoms with Crippen molar-refractivity contribution in [3.63, 3.8) is 0 Å². The molecule has 0 saturated heterocycles. The molecule has 5 heteroatoms. The van der Waals surface area contributed by atoms with Crippen LogP contribution >= 0.6 is 0 Å². The summed E-state index contributed by atoms with van der Waals surface area (Å²) >= 11 is 0. The van der Waals surface area contributed by atoms with E-state index in [0.29, 0.717) is 12.8 Å². The van der Waals surface area contributed by atoms with Crippen LogP contribution in [0.5, 0.6) is 0 Å². The fourth-order valence-electron chi connectivity index (χ4n) is 4.68. The Morgan fingerprint density at radius 2 is 0.667 bits per heavy atom. The van der Waals surface area contributed by atoms with Gasteiger partial charge in [0.15, 0.2) is 0 Å². The molecule has 0 fully saturated rings. The first kappa shape index (κ1) is 36.1. The third-order valence-corrected chi connectivity index (χ3v) is 8.21. The molecule has 194 valence electrons. The molecule has 1 atom stereocenters. The third kappa shape index (κ3) is 27.3. The molecular formula is C28H57NaO3S. The Balaban J connectivity index is 0. The van der Waals surface area contributed by atoms with E-state index in [2.05, 4.69) is 13.8 Å². The molecule has 0 rings (SSSR count). The van der Waals surface area contributed by atoms with Gasteiger partial charge in [0.05, 0.1) is 10.1 Å². The molecular weight excluding hydrogens is 439 g/mol. The van der Waals surface area contributed by atoms with Crippen molar-refractivity contribution in [2.24, 2.45) is 0 Å². The molecule has 0 saturated carbocycles. The Kier molecular flexibility index (Phi) is 30.1. The minimum absolute atomic E-state index is 0. The van der Waals surface area contributed by atoms with Crippen LogP contribution in [0.3, 0.4) is 0 Å². The number of hydrogen-bond acceptors (Lipinski definition) is 3. The van der Waals surface area contributed by atoms with Crippen LogP contribution in [-0.4, -0.2) is 18.2 Å². The van der Waals surface area contributed by atoms with Crippen LogP contribution < -0.4 is 29.6 Å². The standard InChI is InChI=1S/C28H58O3S.Na/c1-3-5-7-9-11-12-13-14-15-16-17-18-19-21-23-25-27-28(32(29,30)31)26-24-22-20-10-8-6-4-2;/h28H,3-27H2,1-2H3,(H,29,30,31);/q;+1/p-1. The molecule has 0 aliphatic rings. The summed E-state index contributed by atoms with van der Waals surface area (Å²) in [6, 6.07) is 0. The maximum atomic E-state index is 11.6. The molecule has 0 aromatic heterocycles. The second-order valence-corrected chi connectivity index (χ2v) is 11.8. The van der Waals surface area contributed by atoms with Crippen molar-refractivity contribution in [2.75, 3.05) is 0 Å². The summed E-state index contributed by atoms with van der Waals surface area (Å²) in [4.78, 5) is 0. The minimum atomic E-state index is -4.14. The molecule has 0 heterocycles. The van der Waals surface area contributed by atoms with Gasteiger partial charge in [-0.2, -0.15) is 0 Å². The summed E-state index contributed by atoms with van der Waals surface area (Å²) in [7, 11) is -4.14. The van der Waals surface area contributed by atoms with Crippen LogP contribution in [0.2, 0.25) is 0 Å². The van der Waals surface area contributed by atoms with Crippen LogP contribution in [0.4, 0.5) is 0 Å². The van der Waals surface area contributed by atoms with Crippen molar-refractivity contribution in [1.82, 2.24) is 0 Å². The molecule has 0 spiro atoms. The molecule has 0 aromatic rings. The summed E-state index contributed by atoms with van der Waals surface area (Å²) in [6.45, 7) is 4.48. The van der Waals surface area contributed by atoms with E-state index in [0.717, 1.165) is 25.7 Å². The maximum Gasteiger partial charge on any atom is 1.00 e. The zero-order valence-electron chi connectivity index (χ0n) is 22.9. The summed E-state index contributed by atoms with van der Waals surface area (Å²) < 4.78 is 34.7. The molecule has 0 bridgehead atoms. The van der Waals surface area contributed by atoms with E-state index in [1.54, 1.807) is 0 Å². The average molecular weight is 497 g/mol. The zero-order chi connectivity index (χ0) is 23.8. The number of rotatable bonds is 26. The zero-order valence-corrected chi connectivity index (χ0v) is 25.7. The second-order valence-electron chi connectivity index (χ2n) is 10.1. The van der Waals surface area contributed by atoms with Gasteiger partial charge in [-0.1, -0.05) is 162 Å². The number of hydrogen-bond donors (Lipinski definition) is 0. The number of unbranched alkanes of at least 4 members (excludes halogenated alkanes) is 21. The molecule has 0 N–H and O–H groups in total. The predicted molar refractivity (Wildman–Crippen MR) is 140 cm³/mol. The van der Waals surface area contributed by atoms with Crippen molar-refractivity contribution < 1.29 is 42.5 Å². The van der Waals surface area contributed by atoms with Crippen molar-refractivity contribution in [1.29, 1.82) is 0 Å². The van der Waals surface area contributed by atoms with Gasteiger partial charge in [-0.25, -0.2) is 8.42 Å². The third-order valence-electron chi connectivity index (χ3n) is 6.92. The van der Waals surface area contributed by atoms with Gasteiger partial charge in [-0.05, 0) is 12.8 Å². The van der Waals surface area contributed by atoms with Crippen LogP contribution in [0.15, 0.2) is 0 Å². The molecule has 0 amide bonds. The Morgan fingerprint density at radius 1 is 0.455 bits per heavy atom. The average Bonchev–Trinajstić information content (AvgIpc) is 2.75. The summed E-state index contributed by atoms with van der Waals surface area (Å²) in [5, 5.41) is -0.648. The second kappa shape index (κ2) is 27.5. The van der Waals surface area contributed by atoms with Gasteiger partial charge in [0, 0.05) is 5.25 Å². The van der Waals surface area contributed by atoms with E-state index in [1.807, 2.05) is 0 Å². The van der Waals surface area contributed by atoms with Crippen LogP contribution in [0, 0.1) is 0 Å². The fourth-order valence-corrected chi connectivity index (χ4v) is 5.59. The van der Waals surface area contributed by atoms with Crippen LogP contribution in [0.1, 0.15) is 174 Å². The first-order valence-corrected chi connectivity index (χ1v) is 15.9. The molecule has 0 aromatic carbocycles. The van der Waals surface area contributed by atoms with Gasteiger partial charge in [-0.15, -0.1) is 0 Å². The van der Waals surface area contributed by atoms with Crippen molar-refractivity contribution in [2.45, 2.75) is 180 Å². The summed E-state index contributed by atoms with van der Waals surface area (Å²) in [5.74, 6) is 0. The van der Waals surface area contributed by atoms with E-state index in [4.69, 9.17) is 0 Å². The molecule has 3 nitrogen and oxygen atoms in total. The molecule has 0 aliphatic heterocycles. The quantitative estimate of drug-likeness (QED) is 0.0761. The van der Waals surface area contributed by atoms with E-state index in [1.165, 1.54) is 122 Å². The first-order valence-electron chi connectivity index (χ1n) is 14.5. The van der Waals surface area contributed by atoms with E-state index in [-0.39, 0.29) is 29.6 Å². The van der Waals surface area contributed by atoms with E-state index in [9.17, 15) is 13.0 Å². The van der Waals surface area contributed by atoms with E-state index >= 15 is 0 Å². The Hall–Kier alpha value is 0.910. The predicted octanol–water partition coefficient (Wildman–Crippen LogP) is 6.70. The topological polar surface area (TPSA) is 57.2 Å². The first-order chi connectivity index (χ1) is 15.5. The van der Waals surface area contributed by atoms with E-state index < -0.39 is 15.4 Å². The summed E-state index contributed by atoms with van der Waals surface area (Å²) in [6.07, 6.45) is 30.3. The SMILES string of the molecule is CCCCCCCCCCCCCCCCCCC(CCCCCCCCC)S(=O)(=O)[O-].[Na+]. The normalized spacial score (nSPS) is 12.6. The molecule has 1 unspecified atom stereocenters. The summed E-state index contributed by atoms with van der Waals surface area (Å²) in [5.41, 5.74) is 0. The van der Waals surface area contributed by atoms with Gasteiger partial charge in [0.1, 0.15) is 0 Å². The van der Waals surface area contributed by atoms with Gasteiger partial charge in [0.2, 0.25) is 0 Å². The van der Waals surface area contributed by atoms with Crippen molar-refractivity contribution in [3.05, 3.63) is 0 Å². The Labute approximate surface area is 231 Å². The van der Waals surface area contributed by atoms with Gasteiger partial charge in [-0.3, -0.25) is 0 Å². The Morgan fingerprint density at radius 3 is 0.879 bits per heavy atom. The molecule has 0 radical (unpaired) electrons. The largest absolute Gasteiger partial charge is 1.00 e. The van der Waals surface area contributed by atoms with Crippen LogP contribution in [0.25, 0.3) is 0 Å². The van der Waals surface area contributed by atoms with Crippen LogP contribution in [-0.2, 0) is 10.1 Å². The minimum Gasteiger partial charge on any atom is -0.748 e. The Bertz CT molecular complexity index is 468. The maximum absolute atomic E-state index is 11.6. The van der Waals surface area contributed by atoms with Gasteiger partial charge >= 0.3 is 29.6 Å².